The van der Waals surface area contributed by atoms with Gasteiger partial charge in [0.2, 0.25) is 0 Å². The molecule has 0 atom stereocenters. The highest BCUT2D eigenvalue weighted by Crippen LogP contribution is 2.37. The molecule has 1 amide bonds. The van der Waals surface area contributed by atoms with Gasteiger partial charge in [0.15, 0.2) is 5.11 Å². The molecule has 3 rings (SSSR count). The van der Waals surface area contributed by atoms with Gasteiger partial charge < -0.3 is 25.4 Å². The molecule has 0 aromatic heterocycles. The number of rotatable bonds is 8. The summed E-state index contributed by atoms with van der Waals surface area (Å²) in [6, 6.07) is 15.7. The van der Waals surface area contributed by atoms with Gasteiger partial charge in [0.1, 0.15) is 17.3 Å². The monoisotopic (exact) mass is 487 g/mol. The van der Waals surface area contributed by atoms with E-state index in [1.807, 2.05) is 13.8 Å². The van der Waals surface area contributed by atoms with E-state index in [0.717, 1.165) is 5.69 Å². The Balaban J connectivity index is 1.85. The molecule has 0 saturated heterocycles. The summed E-state index contributed by atoms with van der Waals surface area (Å²) < 4.78 is 24.7. The van der Waals surface area contributed by atoms with E-state index in [1.54, 1.807) is 36.4 Å². The van der Waals surface area contributed by atoms with E-state index in [-0.39, 0.29) is 0 Å². The van der Waals surface area contributed by atoms with Crippen LogP contribution >= 0.6 is 23.8 Å². The normalized spacial score (nSPS) is 10.3. The van der Waals surface area contributed by atoms with E-state index in [2.05, 4.69) is 16.0 Å². The van der Waals surface area contributed by atoms with Gasteiger partial charge in [0.05, 0.1) is 24.6 Å². The van der Waals surface area contributed by atoms with E-state index in [0.29, 0.717) is 51.8 Å². The Morgan fingerprint density at radius 3 is 1.97 bits per heavy atom. The van der Waals surface area contributed by atoms with Crippen LogP contribution in [-0.2, 0) is 0 Å². The second-order valence-electron chi connectivity index (χ2n) is 6.76. The number of carbonyl (C=O) groups is 1. The van der Waals surface area contributed by atoms with Crippen LogP contribution in [0.1, 0.15) is 24.2 Å². The SMILES string of the molecule is CCOc1cc(NC(=S)Nc2ccc(Cl)cc2)c(OCC)cc1NC(=O)c1ccc(F)cc1. The number of ether oxygens (including phenoxy) is 2. The fourth-order valence-corrected chi connectivity index (χ4v) is 3.27. The van der Waals surface area contributed by atoms with Crippen molar-refractivity contribution in [1.29, 1.82) is 0 Å². The minimum absolute atomic E-state index is 0.312. The van der Waals surface area contributed by atoms with Crippen molar-refractivity contribution in [3.8, 4) is 11.5 Å². The summed E-state index contributed by atoms with van der Waals surface area (Å²) in [5.41, 5.74) is 2.05. The van der Waals surface area contributed by atoms with E-state index in [4.69, 9.17) is 33.3 Å². The van der Waals surface area contributed by atoms with Gasteiger partial charge in [-0.3, -0.25) is 4.79 Å². The van der Waals surface area contributed by atoms with Crippen molar-refractivity contribution in [2.24, 2.45) is 0 Å². The average molecular weight is 488 g/mol. The zero-order valence-electron chi connectivity index (χ0n) is 18.1. The maximum Gasteiger partial charge on any atom is 0.255 e. The van der Waals surface area contributed by atoms with Gasteiger partial charge in [-0.05, 0) is 74.6 Å². The number of thiocarbonyl (C=S) groups is 1. The van der Waals surface area contributed by atoms with Crippen molar-refractivity contribution < 1.29 is 18.7 Å². The first-order chi connectivity index (χ1) is 15.9. The number of carbonyl (C=O) groups excluding carboxylic acids is 1. The Morgan fingerprint density at radius 1 is 0.879 bits per heavy atom. The fraction of sp³-hybridized carbons (Fsp3) is 0.167. The van der Waals surface area contributed by atoms with E-state index in [1.165, 1.54) is 24.3 Å². The van der Waals surface area contributed by atoms with Crippen molar-refractivity contribution in [2.45, 2.75) is 13.8 Å². The zero-order valence-corrected chi connectivity index (χ0v) is 19.6. The van der Waals surface area contributed by atoms with Crippen LogP contribution in [0.4, 0.5) is 21.5 Å². The zero-order chi connectivity index (χ0) is 23.8. The van der Waals surface area contributed by atoms with Crippen molar-refractivity contribution in [3.63, 3.8) is 0 Å². The molecule has 9 heteroatoms. The van der Waals surface area contributed by atoms with Gasteiger partial charge in [-0.1, -0.05) is 11.6 Å². The smallest absolute Gasteiger partial charge is 0.255 e. The third-order valence-corrected chi connectivity index (χ3v) is 4.84. The second-order valence-corrected chi connectivity index (χ2v) is 7.60. The van der Waals surface area contributed by atoms with Crippen LogP contribution in [0.3, 0.4) is 0 Å². The molecule has 0 heterocycles. The third kappa shape index (κ3) is 6.81. The van der Waals surface area contributed by atoms with Crippen molar-refractivity contribution in [1.82, 2.24) is 0 Å². The van der Waals surface area contributed by atoms with Gasteiger partial charge >= 0.3 is 0 Å². The third-order valence-electron chi connectivity index (χ3n) is 4.39. The highest BCUT2D eigenvalue weighted by Gasteiger charge is 2.16. The first-order valence-electron chi connectivity index (χ1n) is 10.2. The summed E-state index contributed by atoms with van der Waals surface area (Å²) in [4.78, 5) is 12.7. The lowest BCUT2D eigenvalue weighted by atomic mass is 10.2. The lowest BCUT2D eigenvalue weighted by Crippen LogP contribution is -2.20. The summed E-state index contributed by atoms with van der Waals surface area (Å²) in [7, 11) is 0. The molecule has 172 valence electrons. The molecular formula is C24H23ClFN3O3S. The average Bonchev–Trinajstić information content (AvgIpc) is 2.78. The topological polar surface area (TPSA) is 71.6 Å². The standard InChI is InChI=1S/C24H23ClFN3O3S/c1-3-31-21-14-20(29-24(33)27-18-11-7-16(25)8-12-18)22(32-4-2)13-19(21)28-23(30)15-5-9-17(26)10-6-15/h5-14H,3-4H2,1-2H3,(H,28,30)(H2,27,29,33). The highest BCUT2D eigenvalue weighted by molar-refractivity contribution is 7.80. The minimum atomic E-state index is -0.418. The summed E-state index contributed by atoms with van der Waals surface area (Å²) in [6.07, 6.45) is 0. The van der Waals surface area contributed by atoms with Crippen LogP contribution in [0.2, 0.25) is 5.02 Å². The lowest BCUT2D eigenvalue weighted by Gasteiger charge is -2.19. The molecule has 33 heavy (non-hydrogen) atoms. The summed E-state index contributed by atoms with van der Waals surface area (Å²) in [5, 5.41) is 9.94. The predicted octanol–water partition coefficient (Wildman–Crippen LogP) is 6.34. The molecule has 0 spiro atoms. The van der Waals surface area contributed by atoms with Gasteiger partial charge in [-0.25, -0.2) is 4.39 Å². The summed E-state index contributed by atoms with van der Waals surface area (Å²) in [5.74, 6) is 0.0710. The molecule has 3 N–H and O–H groups in total. The molecule has 0 saturated carbocycles. The maximum atomic E-state index is 13.2. The molecule has 0 aliphatic heterocycles. The molecule has 0 fully saturated rings. The lowest BCUT2D eigenvalue weighted by molar-refractivity contribution is 0.102. The number of halogens is 2. The summed E-state index contributed by atoms with van der Waals surface area (Å²) in [6.45, 7) is 4.45. The molecular weight excluding hydrogens is 465 g/mol. The summed E-state index contributed by atoms with van der Waals surface area (Å²) >= 11 is 11.4. The molecule has 0 bridgehead atoms. The van der Waals surface area contributed by atoms with E-state index >= 15 is 0 Å². The number of benzene rings is 3. The number of nitrogens with one attached hydrogen (secondary N) is 3. The Labute approximate surface area is 202 Å². The molecule has 3 aromatic carbocycles. The Hall–Kier alpha value is -3.36. The van der Waals surface area contributed by atoms with E-state index in [9.17, 15) is 9.18 Å². The first-order valence-corrected chi connectivity index (χ1v) is 11.0. The van der Waals surface area contributed by atoms with Crippen molar-refractivity contribution in [3.05, 3.63) is 77.1 Å². The van der Waals surface area contributed by atoms with Gasteiger partial charge in [-0.2, -0.15) is 0 Å². The van der Waals surface area contributed by atoms with Crippen molar-refractivity contribution >= 4 is 51.9 Å². The molecule has 0 unspecified atom stereocenters. The molecule has 0 aliphatic carbocycles. The predicted molar refractivity (Wildman–Crippen MR) is 134 cm³/mol. The largest absolute Gasteiger partial charge is 0.492 e. The van der Waals surface area contributed by atoms with Crippen LogP contribution < -0.4 is 25.4 Å². The van der Waals surface area contributed by atoms with Crippen molar-refractivity contribution in [2.75, 3.05) is 29.2 Å². The van der Waals surface area contributed by atoms with Crippen LogP contribution in [0.25, 0.3) is 0 Å². The van der Waals surface area contributed by atoms with Crippen LogP contribution in [0.5, 0.6) is 11.5 Å². The number of anilines is 3. The van der Waals surface area contributed by atoms with Gasteiger partial charge in [0.25, 0.3) is 5.91 Å². The second kappa shape index (κ2) is 11.5. The van der Waals surface area contributed by atoms with E-state index < -0.39 is 11.7 Å². The first kappa shape index (κ1) is 24.3. The number of hydrogen-bond donors (Lipinski definition) is 3. The maximum absolute atomic E-state index is 13.2. The molecule has 0 aliphatic rings. The minimum Gasteiger partial charge on any atom is -0.492 e. The highest BCUT2D eigenvalue weighted by atomic mass is 35.5. The van der Waals surface area contributed by atoms with Crippen LogP contribution in [0.15, 0.2) is 60.7 Å². The Morgan fingerprint density at radius 2 is 1.42 bits per heavy atom. The Bertz CT molecular complexity index is 1130. The number of amides is 1. The fourth-order valence-electron chi connectivity index (χ4n) is 2.92. The van der Waals surface area contributed by atoms with Crippen LogP contribution in [-0.4, -0.2) is 24.2 Å². The Kier molecular flexibility index (Phi) is 8.46. The van der Waals surface area contributed by atoms with Crippen LogP contribution in [0, 0.1) is 5.82 Å². The quantitative estimate of drug-likeness (QED) is 0.322. The van der Waals surface area contributed by atoms with Gasteiger partial charge in [-0.15, -0.1) is 0 Å². The van der Waals surface area contributed by atoms with Gasteiger partial charge in [0, 0.05) is 28.4 Å². The number of hydrogen-bond acceptors (Lipinski definition) is 4. The molecule has 3 aromatic rings. The molecule has 0 radical (unpaired) electrons. The molecule has 6 nitrogen and oxygen atoms in total.